The summed E-state index contributed by atoms with van der Waals surface area (Å²) in [5, 5.41) is 20.4. The van der Waals surface area contributed by atoms with Crippen LogP contribution in [0, 0.1) is 5.92 Å². The van der Waals surface area contributed by atoms with Gasteiger partial charge in [0.05, 0.1) is 0 Å². The Labute approximate surface area is 200 Å². The first kappa shape index (κ1) is 26.8. The van der Waals surface area contributed by atoms with Crippen LogP contribution in [0.2, 0.25) is 0 Å². The third-order valence-corrected chi connectivity index (χ3v) is 6.29. The monoisotopic (exact) mass is 467 g/mol. The maximum Gasteiger partial charge on any atom is 0.324 e. The van der Waals surface area contributed by atoms with Crippen molar-refractivity contribution in [1.82, 2.24) is 4.90 Å². The molecule has 182 valence electrons. The van der Waals surface area contributed by atoms with Crippen molar-refractivity contribution in [2.75, 3.05) is 14.1 Å². The molecule has 2 unspecified atom stereocenters. The van der Waals surface area contributed by atoms with E-state index in [1.54, 1.807) is 62.3 Å². The van der Waals surface area contributed by atoms with E-state index < -0.39 is 28.8 Å². The fourth-order valence-corrected chi connectivity index (χ4v) is 4.47. The fourth-order valence-electron chi connectivity index (χ4n) is 4.47. The summed E-state index contributed by atoms with van der Waals surface area (Å²) in [6.07, 6.45) is 3.52. The van der Waals surface area contributed by atoms with E-state index >= 15 is 0 Å². The molecule has 0 aromatic heterocycles. The normalized spacial score (nSPS) is 23.5. The zero-order chi connectivity index (χ0) is 25.5. The molecular formula is C27H33NO6. The maximum atomic E-state index is 12.6. The Kier molecular flexibility index (Phi) is 8.76. The standard InChI is InChI=1S/C24H27NO5.C3H6O/c1-17-23(21(26)27,13-8-14-24(17,22(28)29)25(2)3)19-11-7-12-20(15-19)30-16-18-9-5-4-6-10-18;1-3(2)4/h4-13,15,17H,14,16H2,1-3H3,(H,26,27)(H,28,29);1-2H3/t17-,23?,24?;/m0./s1. The van der Waals surface area contributed by atoms with E-state index in [-0.39, 0.29) is 12.2 Å². The number of Topliss-reactive ketones (excluding diaryl/α,β-unsaturated/α-hetero) is 1. The predicted molar refractivity (Wildman–Crippen MR) is 130 cm³/mol. The summed E-state index contributed by atoms with van der Waals surface area (Å²) >= 11 is 0. The molecular weight excluding hydrogens is 434 g/mol. The maximum absolute atomic E-state index is 12.6. The highest BCUT2D eigenvalue weighted by atomic mass is 16.5. The van der Waals surface area contributed by atoms with Crippen molar-refractivity contribution in [1.29, 1.82) is 0 Å². The molecule has 0 heterocycles. The summed E-state index contributed by atoms with van der Waals surface area (Å²) in [5.41, 5.74) is -1.34. The number of carbonyl (C=O) groups excluding carboxylic acids is 1. The number of aliphatic carboxylic acids is 2. The molecule has 0 bridgehead atoms. The molecule has 0 amide bonds. The van der Waals surface area contributed by atoms with Gasteiger partial charge in [-0.2, -0.15) is 0 Å². The van der Waals surface area contributed by atoms with Gasteiger partial charge >= 0.3 is 11.9 Å². The van der Waals surface area contributed by atoms with Gasteiger partial charge < -0.3 is 19.7 Å². The smallest absolute Gasteiger partial charge is 0.324 e. The van der Waals surface area contributed by atoms with Crippen LogP contribution in [0.1, 0.15) is 38.3 Å². The molecule has 7 heteroatoms. The molecule has 2 aromatic rings. The quantitative estimate of drug-likeness (QED) is 0.589. The SMILES string of the molecule is CC(C)=O.C[C@H]1C(C(=O)O)(c2cccc(OCc3ccccc3)c2)C=CCC1(C(=O)O)N(C)C. The van der Waals surface area contributed by atoms with Crippen LogP contribution in [-0.2, 0) is 26.4 Å². The number of benzene rings is 2. The van der Waals surface area contributed by atoms with E-state index in [4.69, 9.17) is 4.74 Å². The Bertz CT molecular complexity index is 1040. The van der Waals surface area contributed by atoms with Crippen LogP contribution < -0.4 is 4.74 Å². The highest BCUT2D eigenvalue weighted by molar-refractivity contribution is 5.89. The Morgan fingerprint density at radius 3 is 2.15 bits per heavy atom. The Hall–Kier alpha value is -3.45. The van der Waals surface area contributed by atoms with E-state index in [0.717, 1.165) is 5.56 Å². The third-order valence-electron chi connectivity index (χ3n) is 6.29. The Balaban J connectivity index is 0.000000945. The van der Waals surface area contributed by atoms with Gasteiger partial charge in [0, 0.05) is 5.92 Å². The van der Waals surface area contributed by atoms with Gasteiger partial charge in [-0.1, -0.05) is 61.5 Å². The zero-order valence-electron chi connectivity index (χ0n) is 20.3. The second-order valence-corrected chi connectivity index (χ2v) is 8.84. The number of carboxylic acid groups (broad SMARTS) is 2. The van der Waals surface area contributed by atoms with E-state index in [2.05, 4.69) is 0 Å². The van der Waals surface area contributed by atoms with Gasteiger partial charge in [-0.05, 0) is 57.6 Å². The lowest BCUT2D eigenvalue weighted by atomic mass is 9.58. The number of hydrogen-bond donors (Lipinski definition) is 2. The first-order valence-corrected chi connectivity index (χ1v) is 11.0. The van der Waals surface area contributed by atoms with Crippen LogP contribution in [0.25, 0.3) is 0 Å². The second kappa shape index (κ2) is 11.1. The number of carbonyl (C=O) groups is 3. The van der Waals surface area contributed by atoms with Crippen LogP contribution in [0.4, 0.5) is 0 Å². The highest BCUT2D eigenvalue weighted by Crippen LogP contribution is 2.47. The molecule has 0 saturated carbocycles. The van der Waals surface area contributed by atoms with Gasteiger partial charge in [0.25, 0.3) is 0 Å². The first-order valence-electron chi connectivity index (χ1n) is 11.0. The lowest BCUT2D eigenvalue weighted by Gasteiger charge is -2.49. The minimum Gasteiger partial charge on any atom is -0.489 e. The number of ketones is 1. The molecule has 1 aliphatic carbocycles. The molecule has 0 aliphatic heterocycles. The number of ether oxygens (including phenoxy) is 1. The number of rotatable bonds is 7. The Morgan fingerprint density at radius 2 is 1.62 bits per heavy atom. The van der Waals surface area contributed by atoms with Crippen LogP contribution in [-0.4, -0.2) is 52.5 Å². The molecule has 1 aliphatic rings. The van der Waals surface area contributed by atoms with E-state index in [0.29, 0.717) is 17.9 Å². The van der Waals surface area contributed by atoms with Crippen LogP contribution in [0.5, 0.6) is 5.75 Å². The summed E-state index contributed by atoms with van der Waals surface area (Å²) in [6, 6.07) is 16.6. The van der Waals surface area contributed by atoms with Crippen molar-refractivity contribution in [2.45, 2.75) is 44.8 Å². The average Bonchev–Trinajstić information content (AvgIpc) is 2.78. The van der Waals surface area contributed by atoms with E-state index in [1.807, 2.05) is 30.3 Å². The molecule has 2 N–H and O–H groups in total. The van der Waals surface area contributed by atoms with Crippen molar-refractivity contribution in [2.24, 2.45) is 5.92 Å². The molecule has 0 spiro atoms. The van der Waals surface area contributed by atoms with Gasteiger partial charge in [-0.3, -0.25) is 14.5 Å². The summed E-state index contributed by atoms with van der Waals surface area (Å²) in [6.45, 7) is 5.11. The topological polar surface area (TPSA) is 104 Å². The van der Waals surface area contributed by atoms with Crippen molar-refractivity contribution in [3.05, 3.63) is 77.9 Å². The zero-order valence-corrected chi connectivity index (χ0v) is 20.3. The summed E-state index contributed by atoms with van der Waals surface area (Å²) in [7, 11) is 3.35. The van der Waals surface area contributed by atoms with Gasteiger partial charge in [-0.25, -0.2) is 0 Å². The first-order chi connectivity index (χ1) is 16.0. The number of hydrogen-bond acceptors (Lipinski definition) is 5. The van der Waals surface area contributed by atoms with Crippen molar-refractivity contribution in [3.8, 4) is 5.75 Å². The number of likely N-dealkylation sites (N-methyl/N-ethyl adjacent to an activating group) is 1. The van der Waals surface area contributed by atoms with Crippen molar-refractivity contribution >= 4 is 17.7 Å². The molecule has 3 rings (SSSR count). The number of carboxylic acids is 2. The Morgan fingerprint density at radius 1 is 1.00 bits per heavy atom. The van der Waals surface area contributed by atoms with E-state index in [1.165, 1.54) is 13.8 Å². The fraction of sp³-hybridized carbons (Fsp3) is 0.370. The third kappa shape index (κ3) is 5.37. The second-order valence-electron chi connectivity index (χ2n) is 8.84. The largest absolute Gasteiger partial charge is 0.489 e. The molecule has 7 nitrogen and oxygen atoms in total. The van der Waals surface area contributed by atoms with Gasteiger partial charge in [0.15, 0.2) is 0 Å². The predicted octanol–water partition coefficient (Wildman–Crippen LogP) is 4.16. The van der Waals surface area contributed by atoms with Gasteiger partial charge in [0.2, 0.25) is 0 Å². The molecule has 2 aromatic carbocycles. The van der Waals surface area contributed by atoms with E-state index in [9.17, 15) is 24.6 Å². The van der Waals surface area contributed by atoms with Gasteiger partial charge in [0.1, 0.15) is 29.1 Å². The van der Waals surface area contributed by atoms with Crippen molar-refractivity contribution < 1.29 is 29.3 Å². The lowest BCUT2D eigenvalue weighted by Crippen LogP contribution is -2.64. The average molecular weight is 468 g/mol. The molecule has 0 saturated heterocycles. The van der Waals surface area contributed by atoms with Crippen LogP contribution in [0.15, 0.2) is 66.7 Å². The highest BCUT2D eigenvalue weighted by Gasteiger charge is 2.59. The van der Waals surface area contributed by atoms with Crippen LogP contribution >= 0.6 is 0 Å². The van der Waals surface area contributed by atoms with Gasteiger partial charge in [-0.15, -0.1) is 0 Å². The summed E-state index contributed by atoms with van der Waals surface area (Å²) in [4.78, 5) is 36.0. The summed E-state index contributed by atoms with van der Waals surface area (Å²) in [5.74, 6) is -2.15. The van der Waals surface area contributed by atoms with Crippen molar-refractivity contribution in [3.63, 3.8) is 0 Å². The number of nitrogens with zero attached hydrogens (tertiary/aromatic N) is 1. The molecule has 3 atom stereocenters. The minimum atomic E-state index is -1.49. The van der Waals surface area contributed by atoms with Crippen LogP contribution in [0.3, 0.4) is 0 Å². The molecule has 34 heavy (non-hydrogen) atoms. The molecule has 0 radical (unpaired) electrons. The molecule has 0 fully saturated rings. The minimum absolute atomic E-state index is 0.167. The summed E-state index contributed by atoms with van der Waals surface area (Å²) < 4.78 is 5.89. The lowest BCUT2D eigenvalue weighted by molar-refractivity contribution is -0.159.